The van der Waals surface area contributed by atoms with Crippen LogP contribution in [0, 0.1) is 0 Å². The van der Waals surface area contributed by atoms with E-state index in [2.05, 4.69) is 5.32 Å². The summed E-state index contributed by atoms with van der Waals surface area (Å²) in [6, 6.07) is 0.0947. The van der Waals surface area contributed by atoms with E-state index < -0.39 is 5.54 Å². The van der Waals surface area contributed by atoms with Crippen LogP contribution >= 0.6 is 0 Å². The first-order valence-electron chi connectivity index (χ1n) is 6.29. The molecular weight excluding hydrogens is 204 g/mol. The van der Waals surface area contributed by atoms with Crippen LogP contribution in [0.3, 0.4) is 0 Å². The van der Waals surface area contributed by atoms with Crippen molar-refractivity contribution in [1.82, 2.24) is 5.32 Å². The van der Waals surface area contributed by atoms with Gasteiger partial charge in [-0.05, 0) is 38.5 Å². The number of hydrogen-bond acceptors (Lipinski definition) is 3. The van der Waals surface area contributed by atoms with Crippen molar-refractivity contribution in [3.8, 4) is 0 Å². The second-order valence-corrected chi connectivity index (χ2v) is 4.85. The van der Waals surface area contributed by atoms with Gasteiger partial charge in [0.05, 0.1) is 11.6 Å². The molecule has 0 aromatic rings. The molecule has 0 heterocycles. The number of carbonyl (C=O) groups excluding carboxylic acids is 1. The van der Waals surface area contributed by atoms with Crippen LogP contribution in [0.1, 0.15) is 52.4 Å². The summed E-state index contributed by atoms with van der Waals surface area (Å²) in [5, 5.41) is 12.5. The Bertz CT molecular complexity index is 239. The highest BCUT2D eigenvalue weighted by atomic mass is 16.3. The standard InChI is InChI=1S/C12H24N2O2/c1-3-12(13,4-2)11(16)14-9-6-5-7-10(15)8-9/h9-10,15H,3-8,13H2,1-2H3,(H,14,16). The number of carbonyl (C=O) groups is 1. The molecule has 1 amide bonds. The topological polar surface area (TPSA) is 75.4 Å². The maximum absolute atomic E-state index is 12.0. The van der Waals surface area contributed by atoms with E-state index in [9.17, 15) is 9.90 Å². The first kappa shape index (κ1) is 13.5. The van der Waals surface area contributed by atoms with Gasteiger partial charge in [0.1, 0.15) is 0 Å². The highest BCUT2D eigenvalue weighted by Gasteiger charge is 2.32. The highest BCUT2D eigenvalue weighted by Crippen LogP contribution is 2.20. The predicted molar refractivity (Wildman–Crippen MR) is 63.9 cm³/mol. The molecule has 16 heavy (non-hydrogen) atoms. The lowest BCUT2D eigenvalue weighted by Gasteiger charge is -2.31. The van der Waals surface area contributed by atoms with Gasteiger partial charge in [0.15, 0.2) is 0 Å². The van der Waals surface area contributed by atoms with E-state index in [0.29, 0.717) is 19.3 Å². The lowest BCUT2D eigenvalue weighted by molar-refractivity contribution is -0.127. The SMILES string of the molecule is CCC(N)(CC)C(=O)NC1CCCC(O)C1. The smallest absolute Gasteiger partial charge is 0.240 e. The number of nitrogens with one attached hydrogen (secondary N) is 1. The molecule has 4 N–H and O–H groups in total. The van der Waals surface area contributed by atoms with Crippen molar-refractivity contribution >= 4 is 5.91 Å². The molecule has 0 spiro atoms. The fourth-order valence-corrected chi connectivity index (χ4v) is 2.20. The largest absolute Gasteiger partial charge is 0.393 e. The van der Waals surface area contributed by atoms with Gasteiger partial charge in [0.25, 0.3) is 0 Å². The Morgan fingerprint density at radius 2 is 2.06 bits per heavy atom. The summed E-state index contributed by atoms with van der Waals surface area (Å²) in [5.74, 6) is -0.0726. The summed E-state index contributed by atoms with van der Waals surface area (Å²) in [6.45, 7) is 3.86. The van der Waals surface area contributed by atoms with E-state index in [-0.39, 0.29) is 18.1 Å². The van der Waals surface area contributed by atoms with Crippen LogP contribution in [0.15, 0.2) is 0 Å². The Hall–Kier alpha value is -0.610. The van der Waals surface area contributed by atoms with Crippen LogP contribution in [-0.4, -0.2) is 28.7 Å². The monoisotopic (exact) mass is 228 g/mol. The van der Waals surface area contributed by atoms with Gasteiger partial charge in [0, 0.05) is 6.04 Å². The van der Waals surface area contributed by atoms with Crippen molar-refractivity contribution in [2.24, 2.45) is 5.73 Å². The van der Waals surface area contributed by atoms with Gasteiger partial charge < -0.3 is 16.2 Å². The van der Waals surface area contributed by atoms with Crippen LogP contribution in [0.25, 0.3) is 0 Å². The summed E-state index contributed by atoms with van der Waals surface area (Å²) in [6.07, 6.45) is 4.45. The van der Waals surface area contributed by atoms with Gasteiger partial charge in [0.2, 0.25) is 5.91 Å². The summed E-state index contributed by atoms with van der Waals surface area (Å²) in [4.78, 5) is 12.0. The molecule has 1 fully saturated rings. The zero-order valence-corrected chi connectivity index (χ0v) is 10.3. The number of aliphatic hydroxyl groups is 1. The molecule has 0 saturated heterocycles. The number of amides is 1. The molecule has 0 aromatic heterocycles. The quantitative estimate of drug-likeness (QED) is 0.670. The lowest BCUT2D eigenvalue weighted by atomic mass is 9.89. The summed E-state index contributed by atoms with van der Waals surface area (Å²) in [7, 11) is 0. The fraction of sp³-hybridized carbons (Fsp3) is 0.917. The third-order valence-corrected chi connectivity index (χ3v) is 3.70. The van der Waals surface area contributed by atoms with Crippen LogP contribution in [0.4, 0.5) is 0 Å². The van der Waals surface area contributed by atoms with Gasteiger partial charge >= 0.3 is 0 Å². The highest BCUT2D eigenvalue weighted by molar-refractivity contribution is 5.86. The van der Waals surface area contributed by atoms with Crippen molar-refractivity contribution in [1.29, 1.82) is 0 Å². The molecule has 4 nitrogen and oxygen atoms in total. The molecule has 1 rings (SSSR count). The Kier molecular flexibility index (Phi) is 4.74. The second-order valence-electron chi connectivity index (χ2n) is 4.85. The van der Waals surface area contributed by atoms with E-state index in [1.54, 1.807) is 0 Å². The minimum atomic E-state index is -0.748. The van der Waals surface area contributed by atoms with Crippen LogP contribution < -0.4 is 11.1 Å². The Morgan fingerprint density at radius 1 is 1.44 bits per heavy atom. The summed E-state index contributed by atoms with van der Waals surface area (Å²) >= 11 is 0. The van der Waals surface area contributed by atoms with Gasteiger partial charge in [-0.2, -0.15) is 0 Å². The molecule has 1 aliphatic carbocycles. The van der Waals surface area contributed by atoms with Crippen LogP contribution in [0.2, 0.25) is 0 Å². The molecule has 2 unspecified atom stereocenters. The number of hydrogen-bond donors (Lipinski definition) is 3. The van der Waals surface area contributed by atoms with E-state index in [0.717, 1.165) is 19.3 Å². The molecule has 0 aromatic carbocycles. The Morgan fingerprint density at radius 3 is 2.56 bits per heavy atom. The van der Waals surface area contributed by atoms with Crippen molar-refractivity contribution in [2.45, 2.75) is 70.1 Å². The summed E-state index contributed by atoms with van der Waals surface area (Å²) < 4.78 is 0. The minimum absolute atomic E-state index is 0.0726. The van der Waals surface area contributed by atoms with Crippen molar-refractivity contribution < 1.29 is 9.90 Å². The van der Waals surface area contributed by atoms with Crippen molar-refractivity contribution in [3.63, 3.8) is 0 Å². The molecule has 4 heteroatoms. The molecule has 2 atom stereocenters. The van der Waals surface area contributed by atoms with Crippen molar-refractivity contribution in [2.75, 3.05) is 0 Å². The van der Waals surface area contributed by atoms with Gasteiger partial charge in [-0.1, -0.05) is 13.8 Å². The maximum atomic E-state index is 12.0. The minimum Gasteiger partial charge on any atom is -0.393 e. The average molecular weight is 228 g/mol. The third-order valence-electron chi connectivity index (χ3n) is 3.70. The molecule has 0 radical (unpaired) electrons. The number of rotatable bonds is 4. The fourth-order valence-electron chi connectivity index (χ4n) is 2.20. The van der Waals surface area contributed by atoms with Crippen molar-refractivity contribution in [3.05, 3.63) is 0 Å². The molecular formula is C12H24N2O2. The van der Waals surface area contributed by atoms with E-state index in [1.807, 2.05) is 13.8 Å². The second kappa shape index (κ2) is 5.64. The zero-order chi connectivity index (χ0) is 12.2. The summed E-state index contributed by atoms with van der Waals surface area (Å²) in [5.41, 5.74) is 5.27. The molecule has 1 aliphatic rings. The average Bonchev–Trinajstić information content (AvgIpc) is 2.28. The van der Waals surface area contributed by atoms with Gasteiger partial charge in [-0.25, -0.2) is 0 Å². The zero-order valence-electron chi connectivity index (χ0n) is 10.3. The van der Waals surface area contributed by atoms with Crippen LogP contribution in [-0.2, 0) is 4.79 Å². The Balaban J connectivity index is 2.50. The molecule has 0 bridgehead atoms. The molecule has 0 aliphatic heterocycles. The third kappa shape index (κ3) is 3.19. The molecule has 1 saturated carbocycles. The number of aliphatic hydroxyl groups excluding tert-OH is 1. The number of nitrogens with two attached hydrogens (primary N) is 1. The predicted octanol–water partition coefficient (Wildman–Crippen LogP) is 0.924. The first-order valence-corrected chi connectivity index (χ1v) is 6.29. The molecule has 94 valence electrons. The van der Waals surface area contributed by atoms with E-state index >= 15 is 0 Å². The van der Waals surface area contributed by atoms with E-state index in [4.69, 9.17) is 5.73 Å². The van der Waals surface area contributed by atoms with Gasteiger partial charge in [-0.3, -0.25) is 4.79 Å². The normalized spacial score (nSPS) is 26.5. The van der Waals surface area contributed by atoms with Gasteiger partial charge in [-0.15, -0.1) is 0 Å². The Labute approximate surface area is 97.6 Å². The van der Waals surface area contributed by atoms with E-state index in [1.165, 1.54) is 0 Å². The lowest BCUT2D eigenvalue weighted by Crippen LogP contribution is -2.56. The first-order chi connectivity index (χ1) is 7.51. The maximum Gasteiger partial charge on any atom is 0.240 e. The van der Waals surface area contributed by atoms with Crippen LogP contribution in [0.5, 0.6) is 0 Å².